The minimum atomic E-state index is -0.437. The normalized spacial score (nSPS) is 17.4. The molecular weight excluding hydrogens is 452 g/mol. The number of hydrogen-bond acceptors (Lipinski definition) is 6. The molecule has 0 spiro atoms. The molecule has 2 heterocycles. The van der Waals surface area contributed by atoms with E-state index >= 15 is 0 Å². The molecule has 3 amide bonds. The largest absolute Gasteiger partial charge is 0.465 e. The summed E-state index contributed by atoms with van der Waals surface area (Å²) in [5.41, 5.74) is 2.41. The lowest BCUT2D eigenvalue weighted by Crippen LogP contribution is -2.31. The number of benzene rings is 1. The molecule has 1 aliphatic heterocycles. The summed E-state index contributed by atoms with van der Waals surface area (Å²) >= 11 is 1.45. The summed E-state index contributed by atoms with van der Waals surface area (Å²) in [7, 11) is 1.35. The van der Waals surface area contributed by atoms with E-state index in [9.17, 15) is 19.2 Å². The second-order valence-electron chi connectivity index (χ2n) is 9.96. The molecule has 0 fully saturated rings. The van der Waals surface area contributed by atoms with Crippen LogP contribution < -0.4 is 5.32 Å². The van der Waals surface area contributed by atoms with Crippen LogP contribution in [0.2, 0.25) is 0 Å². The second kappa shape index (κ2) is 9.33. The molecule has 0 bridgehead atoms. The van der Waals surface area contributed by atoms with Crippen LogP contribution in [0.1, 0.15) is 81.5 Å². The number of esters is 1. The number of carbonyl (C=O) groups is 4. The maximum atomic E-state index is 12.7. The average molecular weight is 483 g/mol. The quantitative estimate of drug-likeness (QED) is 0.476. The lowest BCUT2D eigenvalue weighted by atomic mass is 9.72. The van der Waals surface area contributed by atoms with E-state index in [1.165, 1.54) is 23.3 Å². The van der Waals surface area contributed by atoms with Crippen molar-refractivity contribution < 1.29 is 23.9 Å². The maximum Gasteiger partial charge on any atom is 0.341 e. The van der Waals surface area contributed by atoms with Crippen molar-refractivity contribution in [3.63, 3.8) is 0 Å². The fourth-order valence-electron chi connectivity index (χ4n) is 4.76. The van der Waals surface area contributed by atoms with Gasteiger partial charge in [-0.3, -0.25) is 19.3 Å². The number of nitrogens with one attached hydrogen (secondary N) is 1. The van der Waals surface area contributed by atoms with E-state index < -0.39 is 5.97 Å². The lowest BCUT2D eigenvalue weighted by Gasteiger charge is -2.33. The van der Waals surface area contributed by atoms with Gasteiger partial charge >= 0.3 is 5.97 Å². The zero-order valence-corrected chi connectivity index (χ0v) is 20.8. The van der Waals surface area contributed by atoms with Crippen molar-refractivity contribution in [3.8, 4) is 0 Å². The van der Waals surface area contributed by atoms with Gasteiger partial charge in [-0.05, 0) is 54.7 Å². The summed E-state index contributed by atoms with van der Waals surface area (Å²) in [5.74, 6) is -0.838. The van der Waals surface area contributed by atoms with Gasteiger partial charge in [0.05, 0.1) is 23.8 Å². The van der Waals surface area contributed by atoms with Gasteiger partial charge in [-0.25, -0.2) is 4.79 Å². The molecule has 0 saturated heterocycles. The first kappa shape index (κ1) is 24.1. The van der Waals surface area contributed by atoms with E-state index in [0.717, 1.165) is 29.7 Å². The van der Waals surface area contributed by atoms with Crippen molar-refractivity contribution in [2.24, 2.45) is 11.3 Å². The number of hydrogen-bond donors (Lipinski definition) is 1. The number of anilines is 1. The Balaban J connectivity index is 1.41. The predicted octanol–water partition coefficient (Wildman–Crippen LogP) is 4.70. The molecule has 34 heavy (non-hydrogen) atoms. The number of nitrogens with zero attached hydrogens (tertiary/aromatic N) is 1. The maximum absolute atomic E-state index is 12.7. The average Bonchev–Trinajstić information content (AvgIpc) is 3.27. The first-order chi connectivity index (χ1) is 16.1. The monoisotopic (exact) mass is 482 g/mol. The fraction of sp³-hybridized carbons (Fsp3) is 0.462. The van der Waals surface area contributed by atoms with Crippen LogP contribution >= 0.6 is 11.3 Å². The molecule has 2 aromatic rings. The van der Waals surface area contributed by atoms with E-state index in [0.29, 0.717) is 34.0 Å². The van der Waals surface area contributed by atoms with Gasteiger partial charge in [0.1, 0.15) is 5.00 Å². The van der Waals surface area contributed by atoms with Gasteiger partial charge in [0.2, 0.25) is 5.91 Å². The van der Waals surface area contributed by atoms with Crippen molar-refractivity contribution in [1.82, 2.24) is 4.90 Å². The Morgan fingerprint density at radius 2 is 1.79 bits per heavy atom. The molecule has 180 valence electrons. The van der Waals surface area contributed by atoms with Crippen molar-refractivity contribution in [1.29, 1.82) is 0 Å². The number of ether oxygens (including phenoxy) is 1. The highest BCUT2D eigenvalue weighted by molar-refractivity contribution is 7.17. The zero-order chi connectivity index (χ0) is 24.6. The third-order valence-electron chi connectivity index (χ3n) is 6.80. The van der Waals surface area contributed by atoms with E-state index in [-0.39, 0.29) is 36.1 Å². The Kier molecular flexibility index (Phi) is 6.62. The molecule has 1 aromatic carbocycles. The smallest absolute Gasteiger partial charge is 0.341 e. The number of rotatable bonds is 6. The van der Waals surface area contributed by atoms with Crippen LogP contribution in [0, 0.1) is 11.3 Å². The first-order valence-corrected chi connectivity index (χ1v) is 12.4. The Hall–Kier alpha value is -3.00. The van der Waals surface area contributed by atoms with E-state index in [2.05, 4.69) is 26.1 Å². The standard InChI is InChI=1S/C26H30N2O5S/c1-26(2,3)15-11-12-18-19(14-15)34-22(21(18)25(32)33-4)27-20(29)10-7-13-28-23(30)16-8-5-6-9-17(16)24(28)31/h5-6,8-9,15H,7,10-14H2,1-4H3,(H,27,29). The molecule has 1 aromatic heterocycles. The number of methoxy groups -OCH3 is 1. The summed E-state index contributed by atoms with van der Waals surface area (Å²) in [4.78, 5) is 52.6. The van der Waals surface area contributed by atoms with Crippen LogP contribution in [0.25, 0.3) is 0 Å². The number of fused-ring (bicyclic) bond motifs is 2. The highest BCUT2D eigenvalue weighted by Gasteiger charge is 2.36. The summed E-state index contributed by atoms with van der Waals surface area (Å²) in [6, 6.07) is 6.73. The molecule has 4 rings (SSSR count). The van der Waals surface area contributed by atoms with Crippen LogP contribution in [0.15, 0.2) is 24.3 Å². The van der Waals surface area contributed by atoms with Gasteiger partial charge in [-0.15, -0.1) is 11.3 Å². The highest BCUT2D eigenvalue weighted by atomic mass is 32.1. The van der Waals surface area contributed by atoms with Gasteiger partial charge < -0.3 is 10.1 Å². The number of imide groups is 1. The van der Waals surface area contributed by atoms with Crippen LogP contribution in [-0.2, 0) is 22.4 Å². The Bertz CT molecular complexity index is 1130. The Morgan fingerprint density at radius 1 is 1.15 bits per heavy atom. The third kappa shape index (κ3) is 4.51. The number of thiophene rings is 1. The summed E-state index contributed by atoms with van der Waals surface area (Å²) in [5, 5.41) is 3.42. The van der Waals surface area contributed by atoms with Gasteiger partial charge in [0.25, 0.3) is 11.8 Å². The number of carbonyl (C=O) groups excluding carboxylic acids is 4. The third-order valence-corrected chi connectivity index (χ3v) is 7.97. The molecule has 1 unspecified atom stereocenters. The van der Waals surface area contributed by atoms with Gasteiger partial charge in [-0.1, -0.05) is 32.9 Å². The predicted molar refractivity (Wildman–Crippen MR) is 130 cm³/mol. The molecule has 2 aliphatic rings. The van der Waals surface area contributed by atoms with E-state index in [4.69, 9.17) is 4.74 Å². The minimum absolute atomic E-state index is 0.126. The van der Waals surface area contributed by atoms with Crippen LogP contribution in [0.3, 0.4) is 0 Å². The molecule has 1 N–H and O–H groups in total. The summed E-state index contributed by atoms with van der Waals surface area (Å²) < 4.78 is 5.01. The molecule has 8 heteroatoms. The molecule has 1 atom stereocenters. The summed E-state index contributed by atoms with van der Waals surface area (Å²) in [6.45, 7) is 6.86. The Labute approximate surface area is 203 Å². The molecule has 0 saturated carbocycles. The van der Waals surface area contributed by atoms with E-state index in [1.54, 1.807) is 24.3 Å². The van der Waals surface area contributed by atoms with Gasteiger partial charge in [0, 0.05) is 17.8 Å². The van der Waals surface area contributed by atoms with Gasteiger partial charge in [-0.2, -0.15) is 0 Å². The lowest BCUT2D eigenvalue weighted by molar-refractivity contribution is -0.116. The van der Waals surface area contributed by atoms with E-state index in [1.807, 2.05) is 0 Å². The molecule has 7 nitrogen and oxygen atoms in total. The minimum Gasteiger partial charge on any atom is -0.465 e. The molecule has 1 aliphatic carbocycles. The van der Waals surface area contributed by atoms with Crippen molar-refractivity contribution in [3.05, 3.63) is 51.4 Å². The van der Waals surface area contributed by atoms with Crippen molar-refractivity contribution in [2.45, 2.75) is 52.9 Å². The van der Waals surface area contributed by atoms with Crippen LogP contribution in [0.4, 0.5) is 5.00 Å². The van der Waals surface area contributed by atoms with Crippen LogP contribution in [-0.4, -0.2) is 42.2 Å². The number of amides is 3. The Morgan fingerprint density at radius 3 is 2.38 bits per heavy atom. The fourth-order valence-corrected chi connectivity index (χ4v) is 6.09. The highest BCUT2D eigenvalue weighted by Crippen LogP contribution is 2.44. The second-order valence-corrected chi connectivity index (χ2v) is 11.1. The first-order valence-electron chi connectivity index (χ1n) is 11.6. The zero-order valence-electron chi connectivity index (χ0n) is 20.0. The van der Waals surface area contributed by atoms with Crippen molar-refractivity contribution >= 4 is 40.0 Å². The van der Waals surface area contributed by atoms with Gasteiger partial charge in [0.15, 0.2) is 0 Å². The topological polar surface area (TPSA) is 92.8 Å². The van der Waals surface area contributed by atoms with Crippen molar-refractivity contribution in [2.75, 3.05) is 19.0 Å². The molecular formula is C26H30N2O5S. The van der Waals surface area contributed by atoms with Crippen LogP contribution in [0.5, 0.6) is 0 Å². The SMILES string of the molecule is COC(=O)c1c(NC(=O)CCCN2C(=O)c3ccccc3C2=O)sc2c1CCC(C(C)(C)C)C2. The molecule has 0 radical (unpaired) electrons. The summed E-state index contributed by atoms with van der Waals surface area (Å²) in [6.07, 6.45) is 3.12.